The molecular weight excluding hydrogens is 292 g/mol. The van der Waals surface area contributed by atoms with Crippen molar-refractivity contribution in [1.29, 1.82) is 0 Å². The Hall–Kier alpha value is -2.41. The zero-order valence-electron chi connectivity index (χ0n) is 11.5. The molecule has 0 unspecified atom stereocenters. The number of nitrogens with zero attached hydrogens (tertiary/aromatic N) is 1. The summed E-state index contributed by atoms with van der Waals surface area (Å²) >= 11 is 1.25. The normalized spacial score (nSPS) is 10.2. The zero-order valence-corrected chi connectivity index (χ0v) is 12.4. The Labute approximate surface area is 125 Å². The zero-order chi connectivity index (χ0) is 15.4. The lowest BCUT2D eigenvalue weighted by atomic mass is 10.1. The lowest BCUT2D eigenvalue weighted by Gasteiger charge is -2.05. The van der Waals surface area contributed by atoms with Gasteiger partial charge in [0.2, 0.25) is 5.91 Å². The van der Waals surface area contributed by atoms with Crippen LogP contribution in [-0.2, 0) is 16.1 Å². The maximum Gasteiger partial charge on any atom is 0.342 e. The van der Waals surface area contributed by atoms with Crippen LogP contribution in [0.1, 0.15) is 28.5 Å². The SMILES string of the molecule is CC(=O)Nc1nc(COC(=O)c2ccc(C)cc2O)cs1. The molecule has 0 fully saturated rings. The Morgan fingerprint density at radius 1 is 1.43 bits per heavy atom. The molecule has 0 aliphatic carbocycles. The summed E-state index contributed by atoms with van der Waals surface area (Å²) in [4.78, 5) is 26.8. The minimum atomic E-state index is -0.624. The van der Waals surface area contributed by atoms with E-state index in [0.717, 1.165) is 5.56 Å². The van der Waals surface area contributed by atoms with Crippen molar-refractivity contribution < 1.29 is 19.4 Å². The number of aromatic hydroxyl groups is 1. The van der Waals surface area contributed by atoms with Gasteiger partial charge in [-0.3, -0.25) is 4.79 Å². The molecule has 0 aliphatic rings. The van der Waals surface area contributed by atoms with Crippen LogP contribution in [0.4, 0.5) is 5.13 Å². The number of hydrogen-bond donors (Lipinski definition) is 2. The van der Waals surface area contributed by atoms with Gasteiger partial charge >= 0.3 is 5.97 Å². The highest BCUT2D eigenvalue weighted by Gasteiger charge is 2.13. The van der Waals surface area contributed by atoms with E-state index in [1.165, 1.54) is 30.4 Å². The van der Waals surface area contributed by atoms with Gasteiger partial charge in [-0.1, -0.05) is 6.07 Å². The van der Waals surface area contributed by atoms with Crippen LogP contribution >= 0.6 is 11.3 Å². The van der Waals surface area contributed by atoms with Crippen molar-refractivity contribution >= 4 is 28.3 Å². The van der Waals surface area contributed by atoms with Crippen LogP contribution in [0, 0.1) is 6.92 Å². The second kappa shape index (κ2) is 6.36. The highest BCUT2D eigenvalue weighted by molar-refractivity contribution is 7.13. The molecule has 0 spiro atoms. The van der Waals surface area contributed by atoms with Gasteiger partial charge in [0.05, 0.1) is 5.69 Å². The van der Waals surface area contributed by atoms with Crippen LogP contribution in [-0.4, -0.2) is 22.0 Å². The van der Waals surface area contributed by atoms with Crippen molar-refractivity contribution in [1.82, 2.24) is 4.98 Å². The van der Waals surface area contributed by atoms with E-state index in [9.17, 15) is 14.7 Å². The molecule has 21 heavy (non-hydrogen) atoms. The molecule has 0 saturated heterocycles. The number of nitrogens with one attached hydrogen (secondary N) is 1. The summed E-state index contributed by atoms with van der Waals surface area (Å²) in [6, 6.07) is 4.72. The third-order valence-electron chi connectivity index (χ3n) is 2.56. The Morgan fingerprint density at radius 2 is 2.19 bits per heavy atom. The number of aryl methyl sites for hydroxylation is 1. The number of benzene rings is 1. The smallest absolute Gasteiger partial charge is 0.342 e. The molecule has 0 aliphatic heterocycles. The average molecular weight is 306 g/mol. The first kappa shape index (κ1) is 15.0. The van der Waals surface area contributed by atoms with Gasteiger partial charge in [0.15, 0.2) is 5.13 Å². The summed E-state index contributed by atoms with van der Waals surface area (Å²) in [7, 11) is 0. The molecule has 2 N–H and O–H groups in total. The lowest BCUT2D eigenvalue weighted by molar-refractivity contribution is -0.114. The number of carbonyl (C=O) groups excluding carboxylic acids is 2. The topological polar surface area (TPSA) is 88.5 Å². The van der Waals surface area contributed by atoms with Gasteiger partial charge in [-0.2, -0.15) is 0 Å². The first-order chi connectivity index (χ1) is 9.95. The molecule has 1 aromatic heterocycles. The summed E-state index contributed by atoms with van der Waals surface area (Å²) < 4.78 is 5.09. The number of phenols is 1. The van der Waals surface area contributed by atoms with Crippen molar-refractivity contribution in [3.8, 4) is 5.75 Å². The van der Waals surface area contributed by atoms with Gasteiger partial charge in [0, 0.05) is 12.3 Å². The van der Waals surface area contributed by atoms with Crippen LogP contribution in [0.15, 0.2) is 23.6 Å². The summed E-state index contributed by atoms with van der Waals surface area (Å²) in [6.45, 7) is 3.18. The Balaban J connectivity index is 1.97. The fraction of sp³-hybridized carbons (Fsp3) is 0.214. The van der Waals surface area contributed by atoms with E-state index in [1.54, 1.807) is 11.4 Å². The Bertz CT molecular complexity index is 681. The molecule has 0 bridgehead atoms. The number of aromatic nitrogens is 1. The van der Waals surface area contributed by atoms with Gasteiger partial charge in [0.25, 0.3) is 0 Å². The van der Waals surface area contributed by atoms with E-state index >= 15 is 0 Å². The van der Waals surface area contributed by atoms with Crippen LogP contribution < -0.4 is 5.32 Å². The number of rotatable bonds is 4. The number of ether oxygens (including phenoxy) is 1. The molecule has 0 radical (unpaired) electrons. The summed E-state index contributed by atoms with van der Waals surface area (Å²) in [5.74, 6) is -0.948. The average Bonchev–Trinajstić information content (AvgIpc) is 2.82. The van der Waals surface area contributed by atoms with E-state index in [2.05, 4.69) is 10.3 Å². The largest absolute Gasteiger partial charge is 0.507 e. The van der Waals surface area contributed by atoms with E-state index < -0.39 is 5.97 Å². The van der Waals surface area contributed by atoms with E-state index in [0.29, 0.717) is 10.8 Å². The van der Waals surface area contributed by atoms with Crippen molar-refractivity contribution in [2.75, 3.05) is 5.32 Å². The van der Waals surface area contributed by atoms with Crippen molar-refractivity contribution in [2.45, 2.75) is 20.5 Å². The van der Waals surface area contributed by atoms with E-state index in [-0.39, 0.29) is 23.8 Å². The molecule has 7 heteroatoms. The Morgan fingerprint density at radius 3 is 2.86 bits per heavy atom. The maximum absolute atomic E-state index is 11.9. The molecule has 110 valence electrons. The monoisotopic (exact) mass is 306 g/mol. The second-order valence-electron chi connectivity index (χ2n) is 4.42. The van der Waals surface area contributed by atoms with Gasteiger partial charge in [-0.25, -0.2) is 9.78 Å². The van der Waals surface area contributed by atoms with Crippen LogP contribution in [0.3, 0.4) is 0 Å². The fourth-order valence-corrected chi connectivity index (χ4v) is 2.35. The van der Waals surface area contributed by atoms with E-state index in [1.807, 2.05) is 6.92 Å². The highest BCUT2D eigenvalue weighted by Crippen LogP contribution is 2.21. The number of thiazole rings is 1. The first-order valence-electron chi connectivity index (χ1n) is 6.14. The third kappa shape index (κ3) is 4.03. The van der Waals surface area contributed by atoms with Crippen LogP contribution in [0.5, 0.6) is 5.75 Å². The predicted octanol–water partition coefficient (Wildman–Crippen LogP) is 2.47. The number of hydrogen-bond acceptors (Lipinski definition) is 6. The molecule has 1 heterocycles. The lowest BCUT2D eigenvalue weighted by Crippen LogP contribution is -2.07. The second-order valence-corrected chi connectivity index (χ2v) is 5.28. The Kier molecular flexibility index (Phi) is 4.54. The number of anilines is 1. The summed E-state index contributed by atoms with van der Waals surface area (Å²) in [5, 5.41) is 14.4. The summed E-state index contributed by atoms with van der Waals surface area (Å²) in [6.07, 6.45) is 0. The van der Waals surface area contributed by atoms with Gasteiger partial charge in [0.1, 0.15) is 17.9 Å². The van der Waals surface area contributed by atoms with Gasteiger partial charge in [-0.05, 0) is 24.6 Å². The number of esters is 1. The number of carbonyl (C=O) groups is 2. The minimum absolute atomic E-state index is 0.0256. The van der Waals surface area contributed by atoms with Gasteiger partial charge in [-0.15, -0.1) is 11.3 Å². The molecule has 1 aromatic carbocycles. The molecular formula is C14H14N2O4S. The predicted molar refractivity (Wildman–Crippen MR) is 78.4 cm³/mol. The molecule has 1 amide bonds. The maximum atomic E-state index is 11.9. The summed E-state index contributed by atoms with van der Waals surface area (Å²) in [5.41, 5.74) is 1.49. The van der Waals surface area contributed by atoms with Crippen LogP contribution in [0.25, 0.3) is 0 Å². The van der Waals surface area contributed by atoms with Crippen molar-refractivity contribution in [3.63, 3.8) is 0 Å². The quantitative estimate of drug-likeness (QED) is 0.847. The number of amides is 1. The van der Waals surface area contributed by atoms with Crippen molar-refractivity contribution in [3.05, 3.63) is 40.4 Å². The van der Waals surface area contributed by atoms with Crippen LogP contribution in [0.2, 0.25) is 0 Å². The number of phenolic OH excluding ortho intramolecular Hbond substituents is 1. The molecule has 6 nitrogen and oxygen atoms in total. The fourth-order valence-electron chi connectivity index (χ4n) is 1.61. The standard InChI is InChI=1S/C14H14N2O4S/c1-8-3-4-11(12(18)5-8)13(19)20-6-10-7-21-14(16-10)15-9(2)17/h3-5,7,18H,6H2,1-2H3,(H,15,16,17). The van der Waals surface area contributed by atoms with Gasteiger partial charge < -0.3 is 15.2 Å². The highest BCUT2D eigenvalue weighted by atomic mass is 32.1. The molecule has 0 atom stereocenters. The minimum Gasteiger partial charge on any atom is -0.507 e. The molecule has 2 aromatic rings. The van der Waals surface area contributed by atoms with Crippen molar-refractivity contribution in [2.24, 2.45) is 0 Å². The molecule has 2 rings (SSSR count). The van der Waals surface area contributed by atoms with E-state index in [4.69, 9.17) is 4.74 Å². The third-order valence-corrected chi connectivity index (χ3v) is 3.37. The first-order valence-corrected chi connectivity index (χ1v) is 7.02. The molecule has 0 saturated carbocycles.